The van der Waals surface area contributed by atoms with Gasteiger partial charge in [-0.25, -0.2) is 9.59 Å². The first-order valence-electron chi connectivity index (χ1n) is 10.2. The van der Waals surface area contributed by atoms with Crippen LogP contribution in [-0.4, -0.2) is 48.4 Å². The summed E-state index contributed by atoms with van der Waals surface area (Å²) in [6, 6.07) is 18.0. The number of amides is 1. The third-order valence-electron chi connectivity index (χ3n) is 5.40. The third kappa shape index (κ3) is 3.90. The molecule has 1 N–H and O–H groups in total. The molecule has 8 heteroatoms. The Kier molecular flexibility index (Phi) is 6.07. The maximum atomic E-state index is 13.3. The topological polar surface area (TPSA) is 94.2 Å². The van der Waals surface area contributed by atoms with Gasteiger partial charge in [0.15, 0.2) is 12.3 Å². The molecule has 0 bridgehead atoms. The van der Waals surface area contributed by atoms with E-state index in [1.807, 2.05) is 60.7 Å². The molecule has 0 aliphatic carbocycles. The Morgan fingerprint density at radius 2 is 1.56 bits per heavy atom. The highest BCUT2D eigenvalue weighted by Gasteiger charge is 2.58. The number of carbonyl (C=O) groups excluding carboxylic acids is 3. The van der Waals surface area contributed by atoms with E-state index in [-0.39, 0.29) is 11.6 Å². The molecule has 2 fully saturated rings. The molecule has 3 unspecified atom stereocenters. The number of benzene rings is 2. The summed E-state index contributed by atoms with van der Waals surface area (Å²) in [6.45, 7) is 3.44. The van der Waals surface area contributed by atoms with Gasteiger partial charge in [0.25, 0.3) is 5.91 Å². The van der Waals surface area contributed by atoms with Crippen molar-refractivity contribution >= 4 is 17.8 Å². The summed E-state index contributed by atoms with van der Waals surface area (Å²) in [5.41, 5.74) is 2.29. The fourth-order valence-corrected chi connectivity index (χ4v) is 3.86. The quantitative estimate of drug-likeness (QED) is 0.422. The molecule has 166 valence electrons. The minimum Gasteiger partial charge on any atom is -0.466 e. The first kappa shape index (κ1) is 21.7. The van der Waals surface area contributed by atoms with E-state index in [4.69, 9.17) is 9.47 Å². The average Bonchev–Trinajstić information content (AvgIpc) is 3.21. The maximum absolute atomic E-state index is 13.3. The highest BCUT2D eigenvalue weighted by molar-refractivity contribution is 6.00. The van der Waals surface area contributed by atoms with Gasteiger partial charge in [0.1, 0.15) is 11.7 Å². The smallest absolute Gasteiger partial charge is 0.356 e. The summed E-state index contributed by atoms with van der Waals surface area (Å²) in [4.78, 5) is 39.1. The van der Waals surface area contributed by atoms with Crippen LogP contribution in [0.4, 0.5) is 0 Å². The lowest BCUT2D eigenvalue weighted by Crippen LogP contribution is -2.66. The zero-order valence-corrected chi connectivity index (χ0v) is 18.0. The molecule has 1 amide bonds. The van der Waals surface area contributed by atoms with Crippen molar-refractivity contribution < 1.29 is 28.6 Å². The number of esters is 2. The minimum absolute atomic E-state index is 0.0976. The van der Waals surface area contributed by atoms with Crippen molar-refractivity contribution in [2.45, 2.75) is 38.4 Å². The molecule has 2 heterocycles. The Balaban J connectivity index is 1.60. The Bertz CT molecular complexity index is 1010. The van der Waals surface area contributed by atoms with E-state index in [9.17, 15) is 14.4 Å². The predicted molar refractivity (Wildman–Crippen MR) is 114 cm³/mol. The second kappa shape index (κ2) is 8.94. The molecule has 4 rings (SSSR count). The van der Waals surface area contributed by atoms with Crippen LogP contribution >= 0.6 is 0 Å². The number of methoxy groups -OCH3 is 1. The van der Waals surface area contributed by atoms with Crippen LogP contribution in [0.2, 0.25) is 0 Å². The fraction of sp³-hybridized carbons (Fsp3) is 0.292. The highest BCUT2D eigenvalue weighted by atomic mass is 16.6. The Morgan fingerprint density at radius 3 is 2.06 bits per heavy atom. The number of nitrogens with one attached hydrogen (secondary N) is 1. The molecular formula is C24H24N2O6. The Labute approximate surface area is 185 Å². The van der Waals surface area contributed by atoms with Crippen LogP contribution in [-0.2, 0) is 28.6 Å². The summed E-state index contributed by atoms with van der Waals surface area (Å²) in [5, 5.41) is 2.78. The van der Waals surface area contributed by atoms with Gasteiger partial charge >= 0.3 is 11.9 Å². The van der Waals surface area contributed by atoms with Crippen molar-refractivity contribution in [1.29, 1.82) is 0 Å². The number of allylic oxidation sites excluding steroid dienone is 1. The van der Waals surface area contributed by atoms with Crippen LogP contribution in [0.15, 0.2) is 71.9 Å². The normalized spacial score (nSPS) is 21.6. The fourth-order valence-electron chi connectivity index (χ4n) is 3.86. The van der Waals surface area contributed by atoms with Gasteiger partial charge in [-0.05, 0) is 30.5 Å². The second-order valence-corrected chi connectivity index (χ2v) is 7.74. The van der Waals surface area contributed by atoms with Gasteiger partial charge in [-0.15, -0.1) is 0 Å². The molecule has 32 heavy (non-hydrogen) atoms. The molecule has 2 aliphatic heterocycles. The van der Waals surface area contributed by atoms with Gasteiger partial charge in [-0.2, -0.15) is 0 Å². The van der Waals surface area contributed by atoms with E-state index in [0.717, 1.165) is 11.1 Å². The zero-order chi connectivity index (χ0) is 22.8. The van der Waals surface area contributed by atoms with Gasteiger partial charge in [-0.1, -0.05) is 60.7 Å². The van der Waals surface area contributed by atoms with Gasteiger partial charge in [-0.3, -0.25) is 15.0 Å². The van der Waals surface area contributed by atoms with E-state index in [2.05, 4.69) is 10.1 Å². The monoisotopic (exact) mass is 436 g/mol. The largest absolute Gasteiger partial charge is 0.466 e. The van der Waals surface area contributed by atoms with Crippen molar-refractivity contribution in [2.75, 3.05) is 7.11 Å². The lowest BCUT2D eigenvalue weighted by Gasteiger charge is -2.42. The first-order valence-corrected chi connectivity index (χ1v) is 10.2. The number of hydrogen-bond donors (Lipinski definition) is 1. The molecule has 3 atom stereocenters. The van der Waals surface area contributed by atoms with E-state index >= 15 is 0 Å². The van der Waals surface area contributed by atoms with Crippen molar-refractivity contribution in [3.8, 4) is 0 Å². The maximum Gasteiger partial charge on any atom is 0.356 e. The molecular weight excluding hydrogens is 412 g/mol. The van der Waals surface area contributed by atoms with E-state index in [0.29, 0.717) is 5.57 Å². The summed E-state index contributed by atoms with van der Waals surface area (Å²) in [5.74, 6) is -1.66. The lowest BCUT2D eigenvalue weighted by molar-refractivity contribution is -0.175. The molecule has 0 aromatic heterocycles. The van der Waals surface area contributed by atoms with Crippen molar-refractivity contribution in [3.05, 3.63) is 83.1 Å². The minimum atomic E-state index is -1.07. The van der Waals surface area contributed by atoms with Crippen molar-refractivity contribution in [2.24, 2.45) is 0 Å². The summed E-state index contributed by atoms with van der Waals surface area (Å²) in [7, 11) is 1.24. The van der Waals surface area contributed by atoms with Gasteiger partial charge in [0.2, 0.25) is 6.23 Å². The number of ether oxygens (including phenoxy) is 3. The molecule has 8 nitrogen and oxygen atoms in total. The number of hydrogen-bond acceptors (Lipinski definition) is 7. The van der Waals surface area contributed by atoms with Gasteiger partial charge in [0, 0.05) is 0 Å². The molecule has 2 aromatic carbocycles. The molecule has 2 aliphatic rings. The van der Waals surface area contributed by atoms with E-state index in [1.54, 1.807) is 13.8 Å². The molecule has 2 aromatic rings. The Hall–Kier alpha value is -3.49. The number of β-lactam (4-membered cyclic amide) rings is 1. The van der Waals surface area contributed by atoms with Gasteiger partial charge < -0.3 is 14.2 Å². The predicted octanol–water partition coefficient (Wildman–Crippen LogP) is 2.27. The molecule has 0 saturated carbocycles. The summed E-state index contributed by atoms with van der Waals surface area (Å²) in [6.07, 6.45) is -2.52. The average molecular weight is 436 g/mol. The Morgan fingerprint density at radius 1 is 1.00 bits per heavy atom. The number of rotatable bonds is 6. The van der Waals surface area contributed by atoms with Crippen molar-refractivity contribution in [3.63, 3.8) is 0 Å². The SMILES string of the molecule is COC(=O)C1NC2C(=O)N(C(C(=O)OC(c3ccccc3)c3ccccc3)=C(C)C)C2O1. The lowest BCUT2D eigenvalue weighted by atomic mass is 10.0. The van der Waals surface area contributed by atoms with Crippen LogP contribution in [0, 0.1) is 0 Å². The van der Waals surface area contributed by atoms with Crippen LogP contribution in [0.25, 0.3) is 0 Å². The van der Waals surface area contributed by atoms with Crippen LogP contribution in [0.1, 0.15) is 31.1 Å². The number of likely N-dealkylation sites (tertiary alicyclic amines) is 1. The van der Waals surface area contributed by atoms with Crippen LogP contribution < -0.4 is 5.32 Å². The summed E-state index contributed by atoms with van der Waals surface area (Å²) >= 11 is 0. The summed E-state index contributed by atoms with van der Waals surface area (Å²) < 4.78 is 16.2. The van der Waals surface area contributed by atoms with E-state index in [1.165, 1.54) is 12.0 Å². The number of nitrogens with zero attached hydrogens (tertiary/aromatic N) is 1. The third-order valence-corrected chi connectivity index (χ3v) is 5.40. The van der Waals surface area contributed by atoms with Gasteiger partial charge in [0.05, 0.1) is 7.11 Å². The highest BCUT2D eigenvalue weighted by Crippen LogP contribution is 2.35. The standard InChI is InChI=1S/C24H24N2O6/c1-14(2)18(26-21(27)17-22(26)32-20(25-17)24(29)30-3)23(28)31-19(15-10-6-4-7-11-15)16-12-8-5-9-13-16/h4-13,17,19-20,22,25H,1-3H3. The van der Waals surface area contributed by atoms with Crippen molar-refractivity contribution in [1.82, 2.24) is 10.2 Å². The second-order valence-electron chi connectivity index (χ2n) is 7.74. The molecule has 0 radical (unpaired) electrons. The number of carbonyl (C=O) groups is 3. The van der Waals surface area contributed by atoms with E-state index < -0.39 is 36.5 Å². The zero-order valence-electron chi connectivity index (χ0n) is 18.0. The molecule has 0 spiro atoms. The van der Waals surface area contributed by atoms with Crippen LogP contribution in [0.3, 0.4) is 0 Å². The number of fused-ring (bicyclic) bond motifs is 1. The molecule has 2 saturated heterocycles. The first-order chi connectivity index (χ1) is 15.4. The van der Waals surface area contributed by atoms with Crippen LogP contribution in [0.5, 0.6) is 0 Å².